The number of aryl methyl sites for hydroxylation is 1. The summed E-state index contributed by atoms with van der Waals surface area (Å²) in [5, 5.41) is 0. The monoisotopic (exact) mass is 336 g/mol. The topological polar surface area (TPSA) is 23.6 Å². The van der Waals surface area contributed by atoms with Crippen LogP contribution in [0, 0.1) is 6.92 Å². The maximum atomic E-state index is 12.2. The van der Waals surface area contributed by atoms with Crippen molar-refractivity contribution in [2.45, 2.75) is 25.2 Å². The Morgan fingerprint density at radius 3 is 2.20 bits per heavy atom. The molecule has 132 valence electrons. The van der Waals surface area contributed by atoms with E-state index in [2.05, 4.69) is 55.3 Å². The minimum absolute atomic E-state index is 0.0399. The molecule has 0 aliphatic carbocycles. The van der Waals surface area contributed by atoms with Crippen molar-refractivity contribution in [1.82, 2.24) is 9.80 Å². The minimum atomic E-state index is 0.0399. The number of carbonyl (C=O) groups excluding carboxylic acids is 1. The molecule has 3 nitrogen and oxygen atoms in total. The molecule has 0 bridgehead atoms. The molecule has 2 aromatic carbocycles. The van der Waals surface area contributed by atoms with E-state index in [1.165, 1.54) is 16.7 Å². The highest BCUT2D eigenvalue weighted by molar-refractivity contribution is 5.93. The van der Waals surface area contributed by atoms with Crippen molar-refractivity contribution in [3.05, 3.63) is 70.8 Å². The second-order valence-corrected chi connectivity index (χ2v) is 7.53. The minimum Gasteiger partial charge on any atom is -0.345 e. The van der Waals surface area contributed by atoms with Crippen LogP contribution in [0.3, 0.4) is 0 Å². The first-order chi connectivity index (χ1) is 11.9. The van der Waals surface area contributed by atoms with Crippen LogP contribution >= 0.6 is 0 Å². The normalized spacial score (nSPS) is 17.3. The summed E-state index contributed by atoms with van der Waals surface area (Å²) in [6, 6.07) is 17.2. The first-order valence-corrected chi connectivity index (χ1v) is 9.00. The molecule has 2 aromatic rings. The van der Waals surface area contributed by atoms with E-state index in [9.17, 15) is 4.79 Å². The van der Waals surface area contributed by atoms with Gasteiger partial charge in [-0.15, -0.1) is 0 Å². The van der Waals surface area contributed by atoms with Gasteiger partial charge in [-0.3, -0.25) is 4.79 Å². The van der Waals surface area contributed by atoms with Crippen LogP contribution in [-0.2, 0) is 5.41 Å². The van der Waals surface area contributed by atoms with Gasteiger partial charge in [0.15, 0.2) is 0 Å². The summed E-state index contributed by atoms with van der Waals surface area (Å²) in [4.78, 5) is 16.2. The molecular weight excluding hydrogens is 308 g/mol. The lowest BCUT2D eigenvalue weighted by molar-refractivity contribution is 0.0827. The van der Waals surface area contributed by atoms with Crippen LogP contribution in [-0.4, -0.2) is 49.9 Å². The average molecular weight is 336 g/mol. The number of nitrogens with zero attached hydrogens (tertiary/aromatic N) is 2. The lowest BCUT2D eigenvalue weighted by Gasteiger charge is -2.42. The third-order valence-electron chi connectivity index (χ3n) is 5.50. The van der Waals surface area contributed by atoms with E-state index in [4.69, 9.17) is 0 Å². The zero-order valence-corrected chi connectivity index (χ0v) is 15.7. The van der Waals surface area contributed by atoms with E-state index >= 15 is 0 Å². The number of piperidine rings is 1. The van der Waals surface area contributed by atoms with E-state index in [-0.39, 0.29) is 11.3 Å². The highest BCUT2D eigenvalue weighted by atomic mass is 16.2. The Kier molecular flexibility index (Phi) is 4.96. The Hall–Kier alpha value is -2.13. The Labute approximate surface area is 151 Å². The molecule has 3 heteroatoms. The Balaban J connectivity index is 2.02. The SMILES string of the molecule is Cc1cccc(C2(c3ccc(C(=O)N(C)C)cc3)CCN(C)CC2)c1. The number of benzene rings is 2. The summed E-state index contributed by atoms with van der Waals surface area (Å²) in [7, 11) is 5.78. The molecule has 0 unspecified atom stereocenters. The molecule has 1 fully saturated rings. The van der Waals surface area contributed by atoms with Crippen molar-refractivity contribution in [1.29, 1.82) is 0 Å². The van der Waals surface area contributed by atoms with Gasteiger partial charge in [-0.2, -0.15) is 0 Å². The quantitative estimate of drug-likeness (QED) is 0.853. The molecule has 0 radical (unpaired) electrons. The summed E-state index contributed by atoms with van der Waals surface area (Å²) in [5.41, 5.74) is 4.81. The second kappa shape index (κ2) is 7.01. The molecule has 0 saturated carbocycles. The zero-order chi connectivity index (χ0) is 18.0. The molecule has 25 heavy (non-hydrogen) atoms. The predicted octanol–water partition coefficient (Wildman–Crippen LogP) is 3.71. The van der Waals surface area contributed by atoms with Crippen LogP contribution in [0.1, 0.15) is 39.9 Å². The maximum absolute atomic E-state index is 12.2. The molecular formula is C22H28N2O. The lowest BCUT2D eigenvalue weighted by atomic mass is 9.68. The van der Waals surface area contributed by atoms with Crippen molar-refractivity contribution in [2.75, 3.05) is 34.2 Å². The van der Waals surface area contributed by atoms with E-state index in [0.717, 1.165) is 31.5 Å². The van der Waals surface area contributed by atoms with Crippen LogP contribution in [0.4, 0.5) is 0 Å². The average Bonchev–Trinajstić information content (AvgIpc) is 2.62. The van der Waals surface area contributed by atoms with E-state index in [1.807, 2.05) is 12.1 Å². The molecule has 0 spiro atoms. The maximum Gasteiger partial charge on any atom is 0.253 e. The van der Waals surface area contributed by atoms with E-state index < -0.39 is 0 Å². The molecule has 1 saturated heterocycles. The standard InChI is InChI=1S/C22H28N2O/c1-17-6-5-7-20(16-17)22(12-14-24(4)15-13-22)19-10-8-18(9-11-19)21(25)23(2)3/h5-11,16H,12-15H2,1-4H3. The Bertz CT molecular complexity index is 741. The first kappa shape index (κ1) is 17.7. The van der Waals surface area contributed by atoms with Gasteiger partial charge in [-0.1, -0.05) is 42.0 Å². The number of amides is 1. The molecule has 1 heterocycles. The highest BCUT2D eigenvalue weighted by Gasteiger charge is 2.37. The molecule has 0 aromatic heterocycles. The van der Waals surface area contributed by atoms with Gasteiger partial charge < -0.3 is 9.80 Å². The number of hydrogen-bond acceptors (Lipinski definition) is 2. The predicted molar refractivity (Wildman–Crippen MR) is 103 cm³/mol. The summed E-state index contributed by atoms with van der Waals surface area (Å²) in [6.07, 6.45) is 2.21. The van der Waals surface area contributed by atoms with Gasteiger partial charge in [0.2, 0.25) is 0 Å². The summed E-state index contributed by atoms with van der Waals surface area (Å²) in [5.74, 6) is 0.0551. The van der Waals surface area contributed by atoms with Crippen LogP contribution < -0.4 is 0 Å². The van der Waals surface area contributed by atoms with E-state index in [0.29, 0.717) is 0 Å². The van der Waals surface area contributed by atoms with Crippen molar-refractivity contribution < 1.29 is 4.79 Å². The third-order valence-corrected chi connectivity index (χ3v) is 5.50. The fourth-order valence-electron chi connectivity index (χ4n) is 3.88. The van der Waals surface area contributed by atoms with Crippen LogP contribution in [0.25, 0.3) is 0 Å². The number of rotatable bonds is 3. The number of carbonyl (C=O) groups is 1. The van der Waals surface area contributed by atoms with Gasteiger partial charge in [-0.05, 0) is 63.2 Å². The van der Waals surface area contributed by atoms with Crippen molar-refractivity contribution in [3.63, 3.8) is 0 Å². The summed E-state index contributed by atoms with van der Waals surface area (Å²) < 4.78 is 0. The zero-order valence-electron chi connectivity index (χ0n) is 15.7. The fourth-order valence-corrected chi connectivity index (χ4v) is 3.88. The van der Waals surface area contributed by atoms with Gasteiger partial charge in [0, 0.05) is 25.1 Å². The van der Waals surface area contributed by atoms with E-state index in [1.54, 1.807) is 19.0 Å². The second-order valence-electron chi connectivity index (χ2n) is 7.53. The van der Waals surface area contributed by atoms with Gasteiger partial charge >= 0.3 is 0 Å². The molecule has 1 aliphatic heterocycles. The van der Waals surface area contributed by atoms with Crippen molar-refractivity contribution in [3.8, 4) is 0 Å². The smallest absolute Gasteiger partial charge is 0.253 e. The first-order valence-electron chi connectivity index (χ1n) is 9.00. The summed E-state index contributed by atoms with van der Waals surface area (Å²) in [6.45, 7) is 4.34. The molecule has 0 atom stereocenters. The Morgan fingerprint density at radius 1 is 1.00 bits per heavy atom. The lowest BCUT2D eigenvalue weighted by Crippen LogP contribution is -2.41. The van der Waals surface area contributed by atoms with Crippen LogP contribution in [0.15, 0.2) is 48.5 Å². The Morgan fingerprint density at radius 2 is 1.64 bits per heavy atom. The van der Waals surface area contributed by atoms with Crippen molar-refractivity contribution in [2.24, 2.45) is 0 Å². The number of hydrogen-bond donors (Lipinski definition) is 0. The highest BCUT2D eigenvalue weighted by Crippen LogP contribution is 2.41. The van der Waals surface area contributed by atoms with Crippen LogP contribution in [0.5, 0.6) is 0 Å². The van der Waals surface area contributed by atoms with Gasteiger partial charge in [0.05, 0.1) is 0 Å². The number of likely N-dealkylation sites (tertiary alicyclic amines) is 1. The largest absolute Gasteiger partial charge is 0.345 e. The van der Waals surface area contributed by atoms with Crippen LogP contribution in [0.2, 0.25) is 0 Å². The summed E-state index contributed by atoms with van der Waals surface area (Å²) >= 11 is 0. The third kappa shape index (κ3) is 3.47. The van der Waals surface area contributed by atoms with Gasteiger partial charge in [0.25, 0.3) is 5.91 Å². The molecule has 1 aliphatic rings. The fraction of sp³-hybridized carbons (Fsp3) is 0.409. The van der Waals surface area contributed by atoms with Crippen molar-refractivity contribution >= 4 is 5.91 Å². The molecule has 0 N–H and O–H groups in total. The molecule has 1 amide bonds. The van der Waals surface area contributed by atoms with Gasteiger partial charge in [0.1, 0.15) is 0 Å². The molecule has 3 rings (SSSR count). The van der Waals surface area contributed by atoms with Gasteiger partial charge in [-0.25, -0.2) is 0 Å².